The lowest BCUT2D eigenvalue weighted by molar-refractivity contribution is 0.240. The van der Waals surface area contributed by atoms with E-state index in [1.165, 1.54) is 11.3 Å². The van der Waals surface area contributed by atoms with Crippen LogP contribution in [0.3, 0.4) is 0 Å². The molecule has 0 amide bonds. The Morgan fingerprint density at radius 1 is 1.32 bits per heavy atom. The quantitative estimate of drug-likeness (QED) is 0.812. The second kappa shape index (κ2) is 5.58. The monoisotopic (exact) mass is 256 g/mol. The third-order valence-electron chi connectivity index (χ3n) is 4.55. The minimum atomic E-state index is 0.227. The zero-order valence-corrected chi connectivity index (χ0v) is 12.6. The van der Waals surface area contributed by atoms with Crippen LogP contribution in [0.4, 0.5) is 5.69 Å². The summed E-state index contributed by atoms with van der Waals surface area (Å²) in [5, 5.41) is 3.71. The fourth-order valence-electron chi connectivity index (χ4n) is 3.12. The topological polar surface area (TPSA) is 15.3 Å². The normalized spacial score (nSPS) is 22.4. The molecule has 1 aliphatic rings. The molecule has 0 saturated heterocycles. The van der Waals surface area contributed by atoms with Gasteiger partial charge in [-0.05, 0) is 36.6 Å². The lowest BCUT2D eigenvalue weighted by Crippen LogP contribution is -2.39. The molecule has 0 bridgehead atoms. The Bertz CT molecular complexity index is 431. The molecule has 3 heteroatoms. The molecule has 1 heterocycles. The SMILES string of the molecule is [B]N(CC)CCC(C)(C)C1Nc2ccccc2C1C. The second-order valence-electron chi connectivity index (χ2n) is 6.37. The summed E-state index contributed by atoms with van der Waals surface area (Å²) >= 11 is 0. The van der Waals surface area contributed by atoms with Gasteiger partial charge < -0.3 is 10.1 Å². The third kappa shape index (κ3) is 2.97. The Morgan fingerprint density at radius 3 is 2.63 bits per heavy atom. The van der Waals surface area contributed by atoms with E-state index in [1.807, 2.05) is 4.81 Å². The first-order chi connectivity index (χ1) is 8.95. The summed E-state index contributed by atoms with van der Waals surface area (Å²) in [7, 11) is 5.91. The van der Waals surface area contributed by atoms with Gasteiger partial charge in [-0.2, -0.15) is 0 Å². The number of rotatable bonds is 5. The van der Waals surface area contributed by atoms with E-state index in [9.17, 15) is 0 Å². The van der Waals surface area contributed by atoms with Gasteiger partial charge in [0.25, 0.3) is 0 Å². The lowest BCUT2D eigenvalue weighted by Gasteiger charge is -2.36. The molecule has 0 aliphatic carbocycles. The standard InChI is InChI=1S/C16H25BN2/c1-5-19(17)11-10-16(3,4)15-12(2)13-8-6-7-9-14(13)18-15/h6-9,12,15,18H,5,10-11H2,1-4H3. The van der Waals surface area contributed by atoms with Gasteiger partial charge in [-0.15, -0.1) is 0 Å². The number of fused-ring (bicyclic) bond motifs is 1. The fraction of sp³-hybridized carbons (Fsp3) is 0.625. The number of benzene rings is 1. The molecule has 2 radical (unpaired) electrons. The first kappa shape index (κ1) is 14.5. The Kier molecular flexibility index (Phi) is 4.24. The average Bonchev–Trinajstić information content (AvgIpc) is 2.75. The molecule has 2 atom stereocenters. The van der Waals surface area contributed by atoms with E-state index in [1.54, 1.807) is 0 Å². The van der Waals surface area contributed by atoms with Crippen molar-refractivity contribution in [3.8, 4) is 0 Å². The summed E-state index contributed by atoms with van der Waals surface area (Å²) in [5.74, 6) is 0.555. The van der Waals surface area contributed by atoms with Crippen LogP contribution in [-0.2, 0) is 0 Å². The van der Waals surface area contributed by atoms with Crippen molar-refractivity contribution in [1.29, 1.82) is 0 Å². The Labute approximate surface area is 119 Å². The van der Waals surface area contributed by atoms with Gasteiger partial charge in [0.05, 0.1) is 0 Å². The van der Waals surface area contributed by atoms with Crippen LogP contribution >= 0.6 is 0 Å². The molecule has 2 rings (SSSR count). The minimum Gasteiger partial charge on any atom is -0.381 e. The molecule has 0 aromatic heterocycles. The highest BCUT2D eigenvalue weighted by Gasteiger charge is 2.38. The number of nitrogens with one attached hydrogen (secondary N) is 1. The van der Waals surface area contributed by atoms with Crippen LogP contribution in [-0.4, -0.2) is 31.9 Å². The summed E-state index contributed by atoms with van der Waals surface area (Å²) in [6.45, 7) is 11.0. The van der Waals surface area contributed by atoms with E-state index in [4.69, 9.17) is 7.98 Å². The minimum absolute atomic E-state index is 0.227. The van der Waals surface area contributed by atoms with E-state index >= 15 is 0 Å². The molecule has 0 fully saturated rings. The summed E-state index contributed by atoms with van der Waals surface area (Å²) in [5.41, 5.74) is 2.97. The molecule has 1 aromatic carbocycles. The molecule has 0 spiro atoms. The molecule has 19 heavy (non-hydrogen) atoms. The summed E-state index contributed by atoms with van der Waals surface area (Å²) in [6, 6.07) is 9.14. The van der Waals surface area contributed by atoms with E-state index in [-0.39, 0.29) is 5.41 Å². The lowest BCUT2D eigenvalue weighted by atomic mass is 9.75. The number of hydrogen-bond acceptors (Lipinski definition) is 2. The summed E-state index contributed by atoms with van der Waals surface area (Å²) < 4.78 is 0. The molecule has 0 saturated carbocycles. The highest BCUT2D eigenvalue weighted by atomic mass is 15.0. The highest BCUT2D eigenvalue weighted by molar-refractivity contribution is 6.04. The molecule has 1 aliphatic heterocycles. The summed E-state index contributed by atoms with van der Waals surface area (Å²) in [6.07, 6.45) is 1.10. The molecule has 102 valence electrons. The van der Waals surface area contributed by atoms with Crippen LogP contribution in [0.1, 0.15) is 45.6 Å². The van der Waals surface area contributed by atoms with Gasteiger partial charge >= 0.3 is 0 Å². The number of nitrogens with zero attached hydrogens (tertiary/aromatic N) is 1. The van der Waals surface area contributed by atoms with Crippen LogP contribution in [0.2, 0.25) is 0 Å². The van der Waals surface area contributed by atoms with Crippen molar-refractivity contribution in [3.63, 3.8) is 0 Å². The van der Waals surface area contributed by atoms with Crippen LogP contribution in [0.5, 0.6) is 0 Å². The Morgan fingerprint density at radius 2 is 2.00 bits per heavy atom. The first-order valence-corrected chi connectivity index (χ1v) is 7.31. The van der Waals surface area contributed by atoms with E-state index in [0.29, 0.717) is 12.0 Å². The number of anilines is 1. The van der Waals surface area contributed by atoms with Crippen molar-refractivity contribution < 1.29 is 0 Å². The van der Waals surface area contributed by atoms with Crippen LogP contribution in [0, 0.1) is 5.41 Å². The molecular weight excluding hydrogens is 231 g/mol. The summed E-state index contributed by atoms with van der Waals surface area (Å²) in [4.78, 5) is 1.90. The van der Waals surface area contributed by atoms with Gasteiger partial charge in [-0.25, -0.2) is 0 Å². The number of hydrogen-bond donors (Lipinski definition) is 1. The first-order valence-electron chi connectivity index (χ1n) is 7.31. The Balaban J connectivity index is 2.07. The highest BCUT2D eigenvalue weighted by Crippen LogP contribution is 2.44. The molecule has 2 unspecified atom stereocenters. The Hall–Kier alpha value is -0.955. The van der Waals surface area contributed by atoms with E-state index in [0.717, 1.165) is 19.5 Å². The van der Waals surface area contributed by atoms with Crippen molar-refractivity contribution in [2.75, 3.05) is 18.4 Å². The fourth-order valence-corrected chi connectivity index (χ4v) is 3.12. The largest absolute Gasteiger partial charge is 0.381 e. The van der Waals surface area contributed by atoms with Gasteiger partial charge in [0.1, 0.15) is 0 Å². The molecular formula is C16H25BN2. The molecule has 1 N–H and O–H groups in total. The second-order valence-corrected chi connectivity index (χ2v) is 6.37. The van der Waals surface area contributed by atoms with Crippen molar-refractivity contribution in [2.45, 2.75) is 46.1 Å². The maximum absolute atomic E-state index is 5.91. The zero-order valence-electron chi connectivity index (χ0n) is 12.6. The predicted octanol–water partition coefficient (Wildman–Crippen LogP) is 3.41. The van der Waals surface area contributed by atoms with E-state index < -0.39 is 0 Å². The number of para-hydroxylation sites is 1. The third-order valence-corrected chi connectivity index (χ3v) is 4.55. The van der Waals surface area contributed by atoms with Crippen molar-refractivity contribution in [1.82, 2.24) is 4.81 Å². The maximum Gasteiger partial charge on any atom is 0.182 e. The van der Waals surface area contributed by atoms with E-state index in [2.05, 4.69) is 57.3 Å². The van der Waals surface area contributed by atoms with Crippen LogP contribution in [0.25, 0.3) is 0 Å². The van der Waals surface area contributed by atoms with Crippen molar-refractivity contribution in [3.05, 3.63) is 29.8 Å². The molecule has 2 nitrogen and oxygen atoms in total. The van der Waals surface area contributed by atoms with Crippen LogP contribution < -0.4 is 5.32 Å². The van der Waals surface area contributed by atoms with Gasteiger partial charge in [-0.1, -0.05) is 45.9 Å². The molecule has 1 aromatic rings. The van der Waals surface area contributed by atoms with Crippen LogP contribution in [0.15, 0.2) is 24.3 Å². The maximum atomic E-state index is 5.91. The van der Waals surface area contributed by atoms with Gasteiger partial charge in [-0.3, -0.25) is 0 Å². The smallest absolute Gasteiger partial charge is 0.182 e. The average molecular weight is 256 g/mol. The predicted molar refractivity (Wildman–Crippen MR) is 83.7 cm³/mol. The van der Waals surface area contributed by atoms with Crippen molar-refractivity contribution >= 4 is 13.7 Å². The van der Waals surface area contributed by atoms with Gasteiger partial charge in [0, 0.05) is 17.6 Å². The van der Waals surface area contributed by atoms with Crippen molar-refractivity contribution in [2.24, 2.45) is 5.41 Å². The van der Waals surface area contributed by atoms with Gasteiger partial charge in [0.15, 0.2) is 7.98 Å². The zero-order chi connectivity index (χ0) is 14.0. The van der Waals surface area contributed by atoms with Gasteiger partial charge in [0.2, 0.25) is 0 Å².